The molecule has 1 aliphatic rings. The second kappa shape index (κ2) is 7.43. The highest BCUT2D eigenvalue weighted by molar-refractivity contribution is 5.70. The average molecular weight is 384 g/mol. The Hall–Kier alpha value is -2.60. The molecular weight excluding hydrogens is 356 g/mol. The lowest BCUT2D eigenvalue weighted by Crippen LogP contribution is -2.51. The molecule has 1 aromatic carbocycles. The summed E-state index contributed by atoms with van der Waals surface area (Å²) in [4.78, 5) is 28.2. The summed E-state index contributed by atoms with van der Waals surface area (Å²) < 4.78 is 5.70. The van der Waals surface area contributed by atoms with Crippen LogP contribution in [0.1, 0.15) is 52.1 Å². The molecule has 150 valence electrons. The highest BCUT2D eigenvalue weighted by Gasteiger charge is 2.41. The molecule has 2 aromatic rings. The van der Waals surface area contributed by atoms with Crippen molar-refractivity contribution in [3.8, 4) is 11.1 Å². The lowest BCUT2D eigenvalue weighted by molar-refractivity contribution is -0.0859. The molecule has 0 bridgehead atoms. The Kier molecular flexibility index (Phi) is 5.35. The van der Waals surface area contributed by atoms with Crippen molar-refractivity contribution >= 4 is 6.09 Å². The maximum atomic E-state index is 12.6. The van der Waals surface area contributed by atoms with Gasteiger partial charge in [-0.2, -0.15) is 0 Å². The quantitative estimate of drug-likeness (QED) is 0.820. The summed E-state index contributed by atoms with van der Waals surface area (Å²) in [5, 5.41) is 10.1. The van der Waals surface area contributed by atoms with Gasteiger partial charge in [-0.05, 0) is 50.5 Å². The summed E-state index contributed by atoms with van der Waals surface area (Å²) in [7, 11) is 0. The molecule has 1 amide bonds. The van der Waals surface area contributed by atoms with Gasteiger partial charge in [0.15, 0.2) is 0 Å². The summed E-state index contributed by atoms with van der Waals surface area (Å²) in [5.41, 5.74) is 1.26. The number of rotatable bonds is 5. The van der Waals surface area contributed by atoms with Gasteiger partial charge >= 0.3 is 6.09 Å². The van der Waals surface area contributed by atoms with Crippen LogP contribution < -0.4 is 5.56 Å². The Morgan fingerprint density at radius 3 is 2.36 bits per heavy atom. The van der Waals surface area contributed by atoms with Gasteiger partial charge in [0.1, 0.15) is 5.60 Å². The Labute approximate surface area is 165 Å². The van der Waals surface area contributed by atoms with Gasteiger partial charge in [-0.3, -0.25) is 4.79 Å². The number of cyclic esters (lactones) is 1. The van der Waals surface area contributed by atoms with Gasteiger partial charge in [0.2, 0.25) is 5.56 Å². The van der Waals surface area contributed by atoms with Crippen LogP contribution in [-0.2, 0) is 4.74 Å². The van der Waals surface area contributed by atoms with Gasteiger partial charge < -0.3 is 19.7 Å². The van der Waals surface area contributed by atoms with Gasteiger partial charge in [-0.25, -0.2) is 4.79 Å². The van der Waals surface area contributed by atoms with Crippen molar-refractivity contribution in [2.75, 3.05) is 6.54 Å². The van der Waals surface area contributed by atoms with E-state index in [9.17, 15) is 14.7 Å². The number of carbonyl (C=O) groups excluding carboxylic acids is 1. The molecule has 2 heterocycles. The molecule has 2 atom stereocenters. The van der Waals surface area contributed by atoms with Crippen LogP contribution in [0.15, 0.2) is 47.4 Å². The molecule has 0 spiro atoms. The van der Waals surface area contributed by atoms with Crippen molar-refractivity contribution in [2.45, 2.75) is 57.8 Å². The maximum absolute atomic E-state index is 12.6. The number of hydrogen-bond acceptors (Lipinski definition) is 4. The number of ether oxygens (including phenoxy) is 1. The largest absolute Gasteiger partial charge is 0.443 e. The van der Waals surface area contributed by atoms with E-state index in [0.717, 1.165) is 16.7 Å². The van der Waals surface area contributed by atoms with Crippen molar-refractivity contribution in [2.24, 2.45) is 0 Å². The fourth-order valence-corrected chi connectivity index (χ4v) is 3.88. The van der Waals surface area contributed by atoms with E-state index in [1.54, 1.807) is 31.0 Å². The molecule has 0 saturated carbocycles. The van der Waals surface area contributed by atoms with Crippen molar-refractivity contribution in [1.29, 1.82) is 0 Å². The number of carbonyl (C=O) groups is 1. The fraction of sp³-hybridized carbons (Fsp3) is 0.455. The number of benzene rings is 1. The highest BCUT2D eigenvalue weighted by atomic mass is 16.6. The normalized spacial score (nSPS) is 21.3. The molecule has 1 aromatic heterocycles. The number of pyridine rings is 1. The monoisotopic (exact) mass is 384 g/mol. The van der Waals surface area contributed by atoms with E-state index in [2.05, 4.69) is 4.98 Å². The van der Waals surface area contributed by atoms with Crippen molar-refractivity contribution in [3.63, 3.8) is 0 Å². The van der Waals surface area contributed by atoms with E-state index in [-0.39, 0.29) is 17.7 Å². The first-order valence-electron chi connectivity index (χ1n) is 9.57. The van der Waals surface area contributed by atoms with Gasteiger partial charge in [0.05, 0.1) is 11.6 Å². The van der Waals surface area contributed by atoms with Crippen molar-refractivity contribution < 1.29 is 14.6 Å². The summed E-state index contributed by atoms with van der Waals surface area (Å²) >= 11 is 0. The molecule has 6 heteroatoms. The van der Waals surface area contributed by atoms with E-state index >= 15 is 0 Å². The number of nitrogens with zero attached hydrogens (tertiary/aromatic N) is 1. The van der Waals surface area contributed by atoms with Gasteiger partial charge in [0.25, 0.3) is 0 Å². The third kappa shape index (κ3) is 4.62. The van der Waals surface area contributed by atoms with Crippen LogP contribution in [0, 0.1) is 0 Å². The van der Waals surface area contributed by atoms with Crippen LogP contribution in [-0.4, -0.2) is 38.8 Å². The number of aromatic amines is 1. The Morgan fingerprint density at radius 1 is 1.18 bits per heavy atom. The molecule has 3 rings (SSSR count). The molecule has 0 aliphatic carbocycles. The number of H-pyrrole nitrogens is 1. The predicted octanol–water partition coefficient (Wildman–Crippen LogP) is 3.86. The van der Waals surface area contributed by atoms with Gasteiger partial charge in [-0.1, -0.05) is 24.3 Å². The molecule has 1 fully saturated rings. The number of hydrogen-bond donors (Lipinski definition) is 2. The number of amides is 1. The number of nitrogens with one attached hydrogen (secondary N) is 1. The maximum Gasteiger partial charge on any atom is 0.410 e. The van der Waals surface area contributed by atoms with Crippen LogP contribution in [0.25, 0.3) is 11.1 Å². The first-order chi connectivity index (χ1) is 13.1. The predicted molar refractivity (Wildman–Crippen MR) is 108 cm³/mol. The molecule has 1 aliphatic heterocycles. The molecule has 2 N–H and O–H groups in total. The van der Waals surface area contributed by atoms with E-state index in [1.807, 2.05) is 38.1 Å². The van der Waals surface area contributed by atoms with Crippen LogP contribution in [0.2, 0.25) is 0 Å². The standard InChI is InChI=1S/C22H28N2O4/c1-15(24-12-11-22(4,28-20(24)26)14-21(2,3)27)16-5-7-17(8-6-16)18-9-10-19(25)23-13-18/h5-10,13,15,27H,11-12,14H2,1-4H3,(H,23,25)/t15-,22-/m0/s1. The smallest absolute Gasteiger partial charge is 0.410 e. The lowest BCUT2D eigenvalue weighted by Gasteiger charge is -2.43. The zero-order valence-electron chi connectivity index (χ0n) is 16.9. The summed E-state index contributed by atoms with van der Waals surface area (Å²) in [6.45, 7) is 7.89. The molecule has 0 radical (unpaired) electrons. The third-order valence-corrected chi connectivity index (χ3v) is 5.23. The van der Waals surface area contributed by atoms with E-state index in [4.69, 9.17) is 4.74 Å². The molecule has 28 heavy (non-hydrogen) atoms. The zero-order valence-corrected chi connectivity index (χ0v) is 16.9. The second-order valence-corrected chi connectivity index (χ2v) is 8.49. The Morgan fingerprint density at radius 2 is 1.82 bits per heavy atom. The topological polar surface area (TPSA) is 82.6 Å². The SMILES string of the molecule is C[C@@H](c1ccc(-c2ccc(=O)[nH]c2)cc1)N1CC[C@@](C)(CC(C)(C)O)OC1=O. The van der Waals surface area contributed by atoms with Crippen LogP contribution in [0.5, 0.6) is 0 Å². The van der Waals surface area contributed by atoms with Gasteiger partial charge in [0, 0.05) is 31.6 Å². The van der Waals surface area contributed by atoms with E-state index in [1.165, 1.54) is 6.07 Å². The van der Waals surface area contributed by atoms with Crippen LogP contribution in [0.4, 0.5) is 4.79 Å². The Balaban J connectivity index is 1.70. The van der Waals surface area contributed by atoms with E-state index < -0.39 is 11.2 Å². The lowest BCUT2D eigenvalue weighted by atomic mass is 9.87. The highest BCUT2D eigenvalue weighted by Crippen LogP contribution is 2.35. The minimum Gasteiger partial charge on any atom is -0.443 e. The minimum absolute atomic E-state index is 0.121. The molecule has 0 unspecified atom stereocenters. The first-order valence-corrected chi connectivity index (χ1v) is 9.57. The van der Waals surface area contributed by atoms with Gasteiger partial charge in [-0.15, -0.1) is 0 Å². The van der Waals surface area contributed by atoms with Crippen molar-refractivity contribution in [3.05, 3.63) is 58.5 Å². The summed E-state index contributed by atoms with van der Waals surface area (Å²) in [6.07, 6.45) is 2.41. The second-order valence-electron chi connectivity index (χ2n) is 8.49. The molecule has 1 saturated heterocycles. The van der Waals surface area contributed by atoms with Crippen molar-refractivity contribution in [1.82, 2.24) is 9.88 Å². The average Bonchev–Trinajstić information content (AvgIpc) is 2.60. The summed E-state index contributed by atoms with van der Waals surface area (Å²) in [6, 6.07) is 11.1. The summed E-state index contributed by atoms with van der Waals surface area (Å²) in [5.74, 6) is 0. The first kappa shape index (κ1) is 20.1. The number of aliphatic hydroxyl groups is 1. The molecular formula is C22H28N2O4. The van der Waals surface area contributed by atoms with Crippen LogP contribution >= 0.6 is 0 Å². The van der Waals surface area contributed by atoms with E-state index in [0.29, 0.717) is 19.4 Å². The van der Waals surface area contributed by atoms with Crippen LogP contribution in [0.3, 0.4) is 0 Å². The zero-order chi connectivity index (χ0) is 20.5. The number of aromatic nitrogens is 1. The third-order valence-electron chi connectivity index (χ3n) is 5.23. The fourth-order valence-electron chi connectivity index (χ4n) is 3.88. The molecule has 6 nitrogen and oxygen atoms in total. The Bertz CT molecular complexity index is 877. The minimum atomic E-state index is -0.889.